The monoisotopic (exact) mass is 277 g/mol. The fourth-order valence-corrected chi connectivity index (χ4v) is 3.02. The van der Waals surface area contributed by atoms with Crippen LogP contribution in [-0.4, -0.2) is 0 Å². The van der Waals surface area contributed by atoms with Crippen molar-refractivity contribution in [1.29, 1.82) is 0 Å². The molecule has 3 heteroatoms. The largest absolute Gasteiger partial charge is 0.323 e. The predicted octanol–water partition coefficient (Wildman–Crippen LogP) is 4.43. The molecule has 102 valence electrons. The number of halogens is 1. The van der Waals surface area contributed by atoms with Gasteiger partial charge in [-0.3, -0.25) is 0 Å². The molecule has 1 atom stereocenters. The number of rotatable bonds is 3. The molecule has 0 aliphatic rings. The summed E-state index contributed by atoms with van der Waals surface area (Å²) in [6.45, 7) is 6.56. The van der Waals surface area contributed by atoms with E-state index in [0.717, 1.165) is 4.88 Å². The van der Waals surface area contributed by atoms with Gasteiger partial charge in [0.05, 0.1) is 0 Å². The van der Waals surface area contributed by atoms with E-state index >= 15 is 0 Å². The van der Waals surface area contributed by atoms with Gasteiger partial charge in [0.25, 0.3) is 0 Å². The van der Waals surface area contributed by atoms with Crippen molar-refractivity contribution in [2.45, 2.75) is 38.6 Å². The molecule has 1 aromatic heterocycles. The summed E-state index contributed by atoms with van der Waals surface area (Å²) >= 11 is 1.73. The number of hydrogen-bond donors (Lipinski definition) is 1. The molecule has 0 saturated heterocycles. The van der Waals surface area contributed by atoms with Crippen molar-refractivity contribution in [2.75, 3.05) is 0 Å². The van der Waals surface area contributed by atoms with E-state index in [0.29, 0.717) is 12.0 Å². The lowest BCUT2D eigenvalue weighted by molar-refractivity contribution is 0.595. The SMILES string of the molecule is CC(C)(C)c1ccc(C(N)Cc2ccccc2F)s1. The first-order valence-electron chi connectivity index (χ1n) is 6.47. The molecule has 0 radical (unpaired) electrons. The molecule has 0 aliphatic carbocycles. The quantitative estimate of drug-likeness (QED) is 0.882. The topological polar surface area (TPSA) is 26.0 Å². The average Bonchev–Trinajstić information content (AvgIpc) is 2.81. The minimum absolute atomic E-state index is 0.140. The maximum absolute atomic E-state index is 13.6. The Balaban J connectivity index is 2.15. The van der Waals surface area contributed by atoms with Crippen LogP contribution in [0.1, 0.15) is 42.1 Å². The van der Waals surface area contributed by atoms with Crippen molar-refractivity contribution < 1.29 is 4.39 Å². The summed E-state index contributed by atoms with van der Waals surface area (Å²) in [5.41, 5.74) is 7.02. The summed E-state index contributed by atoms with van der Waals surface area (Å²) < 4.78 is 13.6. The maximum Gasteiger partial charge on any atom is 0.126 e. The van der Waals surface area contributed by atoms with Gasteiger partial charge in [-0.15, -0.1) is 11.3 Å². The Bertz CT molecular complexity index is 554. The van der Waals surface area contributed by atoms with Crippen LogP contribution in [0.4, 0.5) is 4.39 Å². The third kappa shape index (κ3) is 3.43. The van der Waals surface area contributed by atoms with Gasteiger partial charge in [-0.05, 0) is 35.6 Å². The lowest BCUT2D eigenvalue weighted by atomic mass is 9.95. The van der Waals surface area contributed by atoms with Gasteiger partial charge < -0.3 is 5.73 Å². The fraction of sp³-hybridized carbons (Fsp3) is 0.375. The lowest BCUT2D eigenvalue weighted by Crippen LogP contribution is -2.13. The van der Waals surface area contributed by atoms with Crippen LogP contribution in [0.15, 0.2) is 36.4 Å². The number of thiophene rings is 1. The molecule has 2 rings (SSSR count). The summed E-state index contributed by atoms with van der Waals surface area (Å²) in [6, 6.07) is 10.9. The first kappa shape index (κ1) is 14.2. The molecule has 0 aliphatic heterocycles. The van der Waals surface area contributed by atoms with Crippen LogP contribution in [-0.2, 0) is 11.8 Å². The highest BCUT2D eigenvalue weighted by Crippen LogP contribution is 2.32. The number of benzene rings is 1. The summed E-state index contributed by atoms with van der Waals surface area (Å²) in [5, 5.41) is 0. The second kappa shape index (κ2) is 5.43. The van der Waals surface area contributed by atoms with Crippen molar-refractivity contribution in [2.24, 2.45) is 5.73 Å². The van der Waals surface area contributed by atoms with Gasteiger partial charge in [-0.25, -0.2) is 4.39 Å². The van der Waals surface area contributed by atoms with E-state index in [9.17, 15) is 4.39 Å². The van der Waals surface area contributed by atoms with E-state index in [1.165, 1.54) is 10.9 Å². The van der Waals surface area contributed by atoms with Crippen molar-refractivity contribution >= 4 is 11.3 Å². The van der Waals surface area contributed by atoms with Gasteiger partial charge in [0.15, 0.2) is 0 Å². The predicted molar refractivity (Wildman–Crippen MR) is 80.1 cm³/mol. The van der Waals surface area contributed by atoms with E-state index < -0.39 is 0 Å². The summed E-state index contributed by atoms with van der Waals surface area (Å²) in [6.07, 6.45) is 0.538. The summed E-state index contributed by atoms with van der Waals surface area (Å²) in [4.78, 5) is 2.43. The molecule has 2 aromatic rings. The second-order valence-corrected chi connectivity index (χ2v) is 6.97. The van der Waals surface area contributed by atoms with Crippen LogP contribution in [0.3, 0.4) is 0 Å². The maximum atomic E-state index is 13.6. The molecular formula is C16H20FNS. The molecule has 1 heterocycles. The fourth-order valence-electron chi connectivity index (χ4n) is 1.96. The minimum atomic E-state index is -0.175. The molecule has 1 nitrogen and oxygen atoms in total. The number of hydrogen-bond acceptors (Lipinski definition) is 2. The normalized spacial score (nSPS) is 13.5. The zero-order valence-electron chi connectivity index (χ0n) is 11.6. The Hall–Kier alpha value is -1.19. The van der Waals surface area contributed by atoms with Gasteiger partial charge in [0.1, 0.15) is 5.82 Å². The Labute approximate surface area is 118 Å². The Morgan fingerprint density at radius 1 is 1.16 bits per heavy atom. The van der Waals surface area contributed by atoms with Gasteiger partial charge in [-0.2, -0.15) is 0 Å². The summed E-state index contributed by atoms with van der Waals surface area (Å²) in [7, 11) is 0. The molecule has 0 bridgehead atoms. The van der Waals surface area contributed by atoms with E-state index in [1.807, 2.05) is 6.07 Å². The molecule has 2 N–H and O–H groups in total. The smallest absolute Gasteiger partial charge is 0.126 e. The van der Waals surface area contributed by atoms with Crippen molar-refractivity contribution in [3.63, 3.8) is 0 Å². The lowest BCUT2D eigenvalue weighted by Gasteiger charge is -2.16. The Morgan fingerprint density at radius 3 is 2.42 bits per heavy atom. The highest BCUT2D eigenvalue weighted by atomic mass is 32.1. The third-order valence-electron chi connectivity index (χ3n) is 3.13. The van der Waals surface area contributed by atoms with Gasteiger partial charge in [-0.1, -0.05) is 39.0 Å². The Morgan fingerprint density at radius 2 is 1.84 bits per heavy atom. The highest BCUT2D eigenvalue weighted by molar-refractivity contribution is 7.12. The average molecular weight is 277 g/mol. The standard InChI is InChI=1S/C16H20FNS/c1-16(2,3)15-9-8-14(19-15)13(18)10-11-6-4-5-7-12(11)17/h4-9,13H,10,18H2,1-3H3. The van der Waals surface area contributed by atoms with Crippen LogP contribution in [0, 0.1) is 5.82 Å². The van der Waals surface area contributed by atoms with Gasteiger partial charge in [0.2, 0.25) is 0 Å². The van der Waals surface area contributed by atoms with Crippen LogP contribution < -0.4 is 5.73 Å². The van der Waals surface area contributed by atoms with Crippen LogP contribution >= 0.6 is 11.3 Å². The molecule has 0 saturated carbocycles. The molecular weight excluding hydrogens is 257 g/mol. The zero-order chi connectivity index (χ0) is 14.0. The van der Waals surface area contributed by atoms with E-state index in [2.05, 4.69) is 32.9 Å². The number of nitrogens with two attached hydrogens (primary N) is 1. The van der Waals surface area contributed by atoms with Crippen molar-refractivity contribution in [3.8, 4) is 0 Å². The molecule has 0 spiro atoms. The first-order valence-corrected chi connectivity index (χ1v) is 7.29. The van der Waals surface area contributed by atoms with Crippen LogP contribution in [0.2, 0.25) is 0 Å². The highest BCUT2D eigenvalue weighted by Gasteiger charge is 2.18. The minimum Gasteiger partial charge on any atom is -0.323 e. The molecule has 19 heavy (non-hydrogen) atoms. The molecule has 1 unspecified atom stereocenters. The molecule has 0 amide bonds. The third-order valence-corrected chi connectivity index (χ3v) is 4.77. The zero-order valence-corrected chi connectivity index (χ0v) is 12.4. The summed E-state index contributed by atoms with van der Waals surface area (Å²) in [5.74, 6) is -0.175. The van der Waals surface area contributed by atoms with Crippen molar-refractivity contribution in [1.82, 2.24) is 0 Å². The van der Waals surface area contributed by atoms with Gasteiger partial charge in [0, 0.05) is 15.8 Å². The first-order chi connectivity index (χ1) is 8.88. The van der Waals surface area contributed by atoms with E-state index in [4.69, 9.17) is 5.73 Å². The van der Waals surface area contributed by atoms with E-state index in [-0.39, 0.29) is 17.3 Å². The molecule has 1 aromatic carbocycles. The van der Waals surface area contributed by atoms with Crippen LogP contribution in [0.25, 0.3) is 0 Å². The van der Waals surface area contributed by atoms with Crippen LogP contribution in [0.5, 0.6) is 0 Å². The van der Waals surface area contributed by atoms with Crippen molar-refractivity contribution in [3.05, 3.63) is 57.5 Å². The second-order valence-electron chi connectivity index (χ2n) is 5.85. The Kier molecular flexibility index (Phi) is 4.07. The molecule has 0 fully saturated rings. The van der Waals surface area contributed by atoms with Gasteiger partial charge >= 0.3 is 0 Å². The van der Waals surface area contributed by atoms with E-state index in [1.54, 1.807) is 23.5 Å².